The molecule has 2 aliphatic heterocycles. The highest BCUT2D eigenvalue weighted by Crippen LogP contribution is 2.09. The second-order valence-corrected chi connectivity index (χ2v) is 6.02. The van der Waals surface area contributed by atoms with Crippen LogP contribution >= 0.6 is 0 Å². The van der Waals surface area contributed by atoms with Gasteiger partial charge in [-0.1, -0.05) is 0 Å². The minimum absolute atomic E-state index is 0.183. The first kappa shape index (κ1) is 17.7. The summed E-state index contributed by atoms with van der Waals surface area (Å²) in [6.45, 7) is 5.94. The van der Waals surface area contributed by atoms with Gasteiger partial charge >= 0.3 is 11.8 Å². The first-order valence-electron chi connectivity index (χ1n) is 8.39. The quantitative estimate of drug-likeness (QED) is 0.444. The Balaban J connectivity index is 1.61. The summed E-state index contributed by atoms with van der Waals surface area (Å²) in [6.07, 6.45) is 2.22. The van der Waals surface area contributed by atoms with Crippen LogP contribution in [0.15, 0.2) is 0 Å². The number of amides is 3. The van der Waals surface area contributed by atoms with Crippen LogP contribution < -0.4 is 11.1 Å². The molecular formula is C15H27N5O3. The molecule has 8 nitrogen and oxygen atoms in total. The molecule has 0 unspecified atom stereocenters. The lowest BCUT2D eigenvalue weighted by Crippen LogP contribution is -2.53. The van der Waals surface area contributed by atoms with Crippen molar-refractivity contribution in [2.24, 2.45) is 5.73 Å². The summed E-state index contributed by atoms with van der Waals surface area (Å²) in [5.41, 5.74) is 5.51. The van der Waals surface area contributed by atoms with E-state index >= 15 is 0 Å². The van der Waals surface area contributed by atoms with Crippen molar-refractivity contribution in [2.45, 2.75) is 19.3 Å². The zero-order valence-corrected chi connectivity index (χ0v) is 13.6. The van der Waals surface area contributed by atoms with Gasteiger partial charge in [0.1, 0.15) is 0 Å². The lowest BCUT2D eigenvalue weighted by Gasteiger charge is -2.34. The fourth-order valence-electron chi connectivity index (χ4n) is 2.99. The Morgan fingerprint density at radius 1 is 1.09 bits per heavy atom. The molecule has 0 aromatic rings. The Morgan fingerprint density at radius 3 is 2.43 bits per heavy atom. The molecule has 0 radical (unpaired) electrons. The Hall–Kier alpha value is -1.67. The van der Waals surface area contributed by atoms with Crippen LogP contribution in [0.2, 0.25) is 0 Å². The van der Waals surface area contributed by atoms with E-state index < -0.39 is 11.8 Å². The van der Waals surface area contributed by atoms with Crippen molar-refractivity contribution < 1.29 is 14.4 Å². The molecule has 8 heteroatoms. The van der Waals surface area contributed by atoms with Gasteiger partial charge < -0.3 is 20.9 Å². The maximum Gasteiger partial charge on any atom is 0.311 e. The van der Waals surface area contributed by atoms with Crippen LogP contribution in [-0.2, 0) is 14.4 Å². The van der Waals surface area contributed by atoms with Crippen molar-refractivity contribution >= 4 is 17.7 Å². The molecule has 0 aliphatic carbocycles. The lowest BCUT2D eigenvalue weighted by atomic mass is 10.3. The average Bonchev–Trinajstić information content (AvgIpc) is 2.97. The Morgan fingerprint density at radius 2 is 1.83 bits per heavy atom. The van der Waals surface area contributed by atoms with Crippen LogP contribution in [0.3, 0.4) is 0 Å². The second kappa shape index (κ2) is 8.83. The van der Waals surface area contributed by atoms with Gasteiger partial charge in [-0.2, -0.15) is 0 Å². The number of rotatable bonds is 6. The number of likely N-dealkylation sites (tertiary alicyclic amines) is 1. The van der Waals surface area contributed by atoms with E-state index in [1.54, 1.807) is 4.90 Å². The fourth-order valence-corrected chi connectivity index (χ4v) is 2.99. The smallest absolute Gasteiger partial charge is 0.311 e. The predicted octanol–water partition coefficient (Wildman–Crippen LogP) is -1.78. The van der Waals surface area contributed by atoms with E-state index in [-0.39, 0.29) is 5.91 Å². The number of carbonyl (C=O) groups excluding carboxylic acids is 3. The van der Waals surface area contributed by atoms with Crippen molar-refractivity contribution in [1.29, 1.82) is 0 Å². The third-order valence-electron chi connectivity index (χ3n) is 4.36. The van der Waals surface area contributed by atoms with Crippen molar-refractivity contribution in [1.82, 2.24) is 20.0 Å². The summed E-state index contributed by atoms with van der Waals surface area (Å²) in [4.78, 5) is 41.0. The van der Waals surface area contributed by atoms with Gasteiger partial charge in [0.05, 0.1) is 0 Å². The van der Waals surface area contributed by atoms with E-state index in [1.165, 1.54) is 0 Å². The average molecular weight is 325 g/mol. The van der Waals surface area contributed by atoms with Gasteiger partial charge in [-0.15, -0.1) is 0 Å². The molecule has 130 valence electrons. The third-order valence-corrected chi connectivity index (χ3v) is 4.36. The van der Waals surface area contributed by atoms with Gasteiger partial charge in [0.2, 0.25) is 5.91 Å². The number of hydrogen-bond acceptors (Lipinski definition) is 5. The SMILES string of the molecule is NCCN1CCN(C(=O)C(=O)NCCCN2CCCC2=O)CC1. The molecule has 2 heterocycles. The van der Waals surface area contributed by atoms with Gasteiger partial charge in [0.15, 0.2) is 0 Å². The van der Waals surface area contributed by atoms with E-state index in [0.29, 0.717) is 45.6 Å². The summed E-state index contributed by atoms with van der Waals surface area (Å²) in [5, 5.41) is 2.65. The topological polar surface area (TPSA) is 99.0 Å². The molecule has 0 bridgehead atoms. The minimum Gasteiger partial charge on any atom is -0.348 e. The molecule has 0 saturated carbocycles. The van der Waals surface area contributed by atoms with Crippen LogP contribution in [0.4, 0.5) is 0 Å². The number of nitrogens with two attached hydrogens (primary N) is 1. The van der Waals surface area contributed by atoms with Crippen LogP contribution in [-0.4, -0.2) is 91.3 Å². The zero-order valence-electron chi connectivity index (χ0n) is 13.6. The van der Waals surface area contributed by atoms with Crippen molar-refractivity contribution in [3.05, 3.63) is 0 Å². The van der Waals surface area contributed by atoms with Crippen molar-refractivity contribution in [2.75, 3.05) is 58.9 Å². The van der Waals surface area contributed by atoms with Crippen molar-refractivity contribution in [3.8, 4) is 0 Å². The molecule has 0 spiro atoms. The summed E-state index contributed by atoms with van der Waals surface area (Å²) in [7, 11) is 0. The maximum absolute atomic E-state index is 12.1. The molecule has 3 amide bonds. The molecule has 2 rings (SSSR count). The lowest BCUT2D eigenvalue weighted by molar-refractivity contribution is -0.147. The second-order valence-electron chi connectivity index (χ2n) is 6.02. The van der Waals surface area contributed by atoms with Gasteiger partial charge in [0, 0.05) is 65.3 Å². The van der Waals surface area contributed by atoms with Crippen LogP contribution in [0.5, 0.6) is 0 Å². The standard InChI is InChI=1S/C15H27N5O3/c16-4-8-18-9-11-20(12-10-18)15(23)14(22)17-5-2-7-19-6-1-3-13(19)21/h1-12,16H2,(H,17,22). The number of carbonyl (C=O) groups is 3. The molecule has 3 N–H and O–H groups in total. The van der Waals surface area contributed by atoms with Gasteiger partial charge in [-0.3, -0.25) is 19.3 Å². The van der Waals surface area contributed by atoms with Crippen LogP contribution in [0, 0.1) is 0 Å². The molecule has 2 aliphatic rings. The number of nitrogens with zero attached hydrogens (tertiary/aromatic N) is 3. The van der Waals surface area contributed by atoms with E-state index in [4.69, 9.17) is 5.73 Å². The molecular weight excluding hydrogens is 298 g/mol. The van der Waals surface area contributed by atoms with Gasteiger partial charge in [0.25, 0.3) is 0 Å². The first-order valence-corrected chi connectivity index (χ1v) is 8.39. The molecule has 2 saturated heterocycles. The number of piperazine rings is 1. The fraction of sp³-hybridized carbons (Fsp3) is 0.800. The minimum atomic E-state index is -0.551. The first-order chi connectivity index (χ1) is 11.1. The van der Waals surface area contributed by atoms with Gasteiger partial charge in [-0.25, -0.2) is 0 Å². The Bertz CT molecular complexity index is 435. The molecule has 0 aromatic heterocycles. The Kier molecular flexibility index (Phi) is 6.79. The summed E-state index contributed by atoms with van der Waals surface area (Å²) < 4.78 is 0. The van der Waals surface area contributed by atoms with E-state index in [2.05, 4.69) is 10.2 Å². The Labute approximate surface area is 136 Å². The monoisotopic (exact) mass is 325 g/mol. The normalized spacial score (nSPS) is 19.3. The third kappa shape index (κ3) is 5.18. The van der Waals surface area contributed by atoms with Crippen molar-refractivity contribution in [3.63, 3.8) is 0 Å². The molecule has 0 atom stereocenters. The number of hydrogen-bond donors (Lipinski definition) is 2. The predicted molar refractivity (Wildman–Crippen MR) is 85.5 cm³/mol. The molecule has 23 heavy (non-hydrogen) atoms. The van der Waals surface area contributed by atoms with Gasteiger partial charge in [-0.05, 0) is 12.8 Å². The van der Waals surface area contributed by atoms with E-state index in [9.17, 15) is 14.4 Å². The molecule has 0 aromatic carbocycles. The number of nitrogens with one attached hydrogen (secondary N) is 1. The highest BCUT2D eigenvalue weighted by molar-refractivity contribution is 6.35. The zero-order chi connectivity index (χ0) is 16.7. The summed E-state index contributed by atoms with van der Waals surface area (Å²) in [5.74, 6) is -0.831. The highest BCUT2D eigenvalue weighted by atomic mass is 16.2. The van der Waals surface area contributed by atoms with E-state index in [1.807, 2.05) is 4.90 Å². The highest BCUT2D eigenvalue weighted by Gasteiger charge is 2.25. The van der Waals surface area contributed by atoms with Crippen LogP contribution in [0.25, 0.3) is 0 Å². The summed E-state index contributed by atoms with van der Waals surface area (Å²) >= 11 is 0. The largest absolute Gasteiger partial charge is 0.348 e. The van der Waals surface area contributed by atoms with E-state index in [0.717, 1.165) is 32.6 Å². The molecule has 2 fully saturated rings. The maximum atomic E-state index is 12.1. The summed E-state index contributed by atoms with van der Waals surface area (Å²) in [6, 6.07) is 0. The van der Waals surface area contributed by atoms with Crippen LogP contribution in [0.1, 0.15) is 19.3 Å².